The monoisotopic (exact) mass is 521 g/mol. The topological polar surface area (TPSA) is 114 Å². The first-order valence-electron chi connectivity index (χ1n) is 10.7. The van der Waals surface area contributed by atoms with E-state index >= 15 is 0 Å². The summed E-state index contributed by atoms with van der Waals surface area (Å²) in [6.45, 7) is 6.97. The van der Waals surface area contributed by atoms with E-state index in [1.54, 1.807) is 18.2 Å². The third-order valence-electron chi connectivity index (χ3n) is 4.84. The molecule has 1 aromatic carbocycles. The molecule has 180 valence electrons. The minimum absolute atomic E-state index is 0.367. The Morgan fingerprint density at radius 1 is 1.24 bits per heavy atom. The summed E-state index contributed by atoms with van der Waals surface area (Å²) in [7, 11) is 0. The summed E-state index contributed by atoms with van der Waals surface area (Å²) >= 11 is 8.66. The van der Waals surface area contributed by atoms with Gasteiger partial charge >= 0.3 is 6.03 Å². The fourth-order valence-corrected chi connectivity index (χ4v) is 4.90. The van der Waals surface area contributed by atoms with E-state index in [2.05, 4.69) is 35.7 Å². The molecule has 2 N–H and O–H groups in total. The Kier molecular flexibility index (Phi) is 8.88. The van der Waals surface area contributed by atoms with Gasteiger partial charge < -0.3 is 14.8 Å². The Labute approximate surface area is 210 Å². The van der Waals surface area contributed by atoms with Crippen molar-refractivity contribution in [2.24, 2.45) is 0 Å². The summed E-state index contributed by atoms with van der Waals surface area (Å²) < 4.78 is 11.8. The number of nitrogens with one attached hydrogen (secondary N) is 2. The summed E-state index contributed by atoms with van der Waals surface area (Å²) in [6.07, 6.45) is 2.37. The maximum atomic E-state index is 12.2. The number of halogens is 1. The number of aromatic nitrogens is 4. The highest BCUT2D eigenvalue weighted by atomic mass is 35.5. The number of amides is 2. The van der Waals surface area contributed by atoms with Crippen LogP contribution in [0.2, 0.25) is 5.02 Å². The molecule has 1 aliphatic rings. The van der Waals surface area contributed by atoms with Crippen LogP contribution in [0.4, 0.5) is 15.6 Å². The number of nitrogens with zero attached hydrogens (tertiary/aromatic N) is 5. The summed E-state index contributed by atoms with van der Waals surface area (Å²) in [5, 5.41) is 15.1. The van der Waals surface area contributed by atoms with Crippen molar-refractivity contribution in [3.8, 4) is 5.88 Å². The highest BCUT2D eigenvalue weighted by Gasteiger charge is 2.12. The summed E-state index contributed by atoms with van der Waals surface area (Å²) in [5.74, 6) is 0.512. The Hall–Kier alpha value is -2.51. The molecule has 0 radical (unpaired) electrons. The minimum Gasteiger partial charge on any atom is -0.478 e. The molecule has 1 aliphatic heterocycles. The average Bonchev–Trinajstić information content (AvgIpc) is 3.26. The third kappa shape index (κ3) is 7.50. The number of carbonyl (C=O) groups is 1. The van der Waals surface area contributed by atoms with E-state index in [1.165, 1.54) is 29.4 Å². The van der Waals surface area contributed by atoms with Gasteiger partial charge in [0, 0.05) is 36.4 Å². The lowest BCUT2D eigenvalue weighted by Gasteiger charge is -2.26. The van der Waals surface area contributed by atoms with Crippen molar-refractivity contribution in [1.29, 1.82) is 0 Å². The van der Waals surface area contributed by atoms with Crippen LogP contribution in [0.1, 0.15) is 12.0 Å². The van der Waals surface area contributed by atoms with Crippen LogP contribution in [0.5, 0.6) is 5.88 Å². The van der Waals surface area contributed by atoms with Crippen LogP contribution in [-0.2, 0) is 4.74 Å². The molecular weight excluding hydrogens is 498 g/mol. The van der Waals surface area contributed by atoms with Crippen LogP contribution < -0.4 is 15.4 Å². The molecule has 0 unspecified atom stereocenters. The second kappa shape index (κ2) is 12.3. The number of aryl methyl sites for hydroxylation is 1. The molecule has 1 fully saturated rings. The van der Waals surface area contributed by atoms with Crippen LogP contribution in [0.3, 0.4) is 0 Å². The Balaban J connectivity index is 1.23. The average molecular weight is 522 g/mol. The van der Waals surface area contributed by atoms with E-state index in [9.17, 15) is 4.79 Å². The SMILES string of the molecule is Cc1ccc(NC(=O)Nc2nnc(Sc3cc(OCCCN4CCOCC4)ncn3)s2)cc1Cl. The molecule has 10 nitrogen and oxygen atoms in total. The molecule has 3 aromatic rings. The number of urea groups is 1. The van der Waals surface area contributed by atoms with E-state index in [0.29, 0.717) is 37.7 Å². The number of ether oxygens (including phenoxy) is 2. The van der Waals surface area contributed by atoms with Crippen molar-refractivity contribution in [3.63, 3.8) is 0 Å². The van der Waals surface area contributed by atoms with Gasteiger partial charge in [-0.05, 0) is 42.8 Å². The normalized spacial score (nSPS) is 14.1. The molecule has 0 aliphatic carbocycles. The Morgan fingerprint density at radius 2 is 2.09 bits per heavy atom. The van der Waals surface area contributed by atoms with Gasteiger partial charge in [0.25, 0.3) is 0 Å². The fourth-order valence-electron chi connectivity index (χ4n) is 3.07. The van der Waals surface area contributed by atoms with Gasteiger partial charge in [0.05, 0.1) is 19.8 Å². The number of morpholine rings is 1. The van der Waals surface area contributed by atoms with Gasteiger partial charge in [0.1, 0.15) is 11.4 Å². The van der Waals surface area contributed by atoms with Crippen LogP contribution in [0.15, 0.2) is 40.0 Å². The summed E-state index contributed by atoms with van der Waals surface area (Å²) in [4.78, 5) is 23.0. The number of rotatable bonds is 9. The predicted octanol–water partition coefficient (Wildman–Crippen LogP) is 4.19. The molecule has 0 atom stereocenters. The van der Waals surface area contributed by atoms with Gasteiger partial charge in [-0.2, -0.15) is 0 Å². The van der Waals surface area contributed by atoms with E-state index in [-0.39, 0.29) is 0 Å². The zero-order valence-corrected chi connectivity index (χ0v) is 20.9. The number of carbonyl (C=O) groups excluding carboxylic acids is 1. The molecule has 34 heavy (non-hydrogen) atoms. The number of benzene rings is 1. The zero-order chi connectivity index (χ0) is 23.8. The van der Waals surface area contributed by atoms with E-state index in [1.807, 2.05) is 13.0 Å². The number of hydrogen-bond donors (Lipinski definition) is 2. The van der Waals surface area contributed by atoms with Crippen LogP contribution in [-0.4, -0.2) is 70.6 Å². The van der Waals surface area contributed by atoms with Gasteiger partial charge in [0.2, 0.25) is 11.0 Å². The molecular formula is C21H24ClN7O3S2. The molecule has 1 saturated heterocycles. The lowest BCUT2D eigenvalue weighted by Crippen LogP contribution is -2.37. The van der Waals surface area contributed by atoms with Gasteiger partial charge in [-0.3, -0.25) is 10.2 Å². The zero-order valence-electron chi connectivity index (χ0n) is 18.5. The number of hydrogen-bond acceptors (Lipinski definition) is 10. The van der Waals surface area contributed by atoms with Crippen LogP contribution >= 0.6 is 34.7 Å². The van der Waals surface area contributed by atoms with Crippen LogP contribution in [0, 0.1) is 6.92 Å². The smallest absolute Gasteiger partial charge is 0.325 e. The standard InChI is InChI=1S/C21H24ClN7O3S2/c1-14-3-4-15(11-16(14)22)25-19(30)26-20-27-28-21(34-20)33-18-12-17(23-13-24-18)32-8-2-5-29-6-9-31-10-7-29/h3-4,11-13H,2,5-10H2,1H3,(H2,25,26,27,30). The summed E-state index contributed by atoms with van der Waals surface area (Å²) in [5.41, 5.74) is 1.52. The molecule has 0 bridgehead atoms. The maximum absolute atomic E-state index is 12.2. The molecule has 13 heteroatoms. The first-order chi connectivity index (χ1) is 16.5. The van der Waals surface area contributed by atoms with Crippen molar-refractivity contribution in [3.05, 3.63) is 41.2 Å². The first-order valence-corrected chi connectivity index (χ1v) is 12.7. The maximum Gasteiger partial charge on any atom is 0.325 e. The molecule has 0 saturated carbocycles. The Bertz CT molecular complexity index is 1110. The second-order valence-electron chi connectivity index (χ2n) is 7.37. The lowest BCUT2D eigenvalue weighted by atomic mass is 10.2. The van der Waals surface area contributed by atoms with E-state index < -0.39 is 6.03 Å². The first kappa shape index (κ1) is 24.6. The second-order valence-corrected chi connectivity index (χ2v) is 10.0. The van der Waals surface area contributed by atoms with Crippen molar-refractivity contribution in [1.82, 2.24) is 25.1 Å². The van der Waals surface area contributed by atoms with Crippen molar-refractivity contribution in [2.45, 2.75) is 22.7 Å². The van der Waals surface area contributed by atoms with E-state index in [0.717, 1.165) is 44.8 Å². The van der Waals surface area contributed by atoms with Crippen molar-refractivity contribution < 1.29 is 14.3 Å². The lowest BCUT2D eigenvalue weighted by molar-refractivity contribution is 0.0357. The van der Waals surface area contributed by atoms with Gasteiger partial charge in [-0.1, -0.05) is 29.0 Å². The highest BCUT2D eigenvalue weighted by Crippen LogP contribution is 2.31. The largest absolute Gasteiger partial charge is 0.478 e. The van der Waals surface area contributed by atoms with Gasteiger partial charge in [0.15, 0.2) is 4.34 Å². The Morgan fingerprint density at radius 3 is 2.91 bits per heavy atom. The van der Waals surface area contributed by atoms with Crippen molar-refractivity contribution >= 4 is 51.5 Å². The van der Waals surface area contributed by atoms with E-state index in [4.69, 9.17) is 21.1 Å². The predicted molar refractivity (Wildman–Crippen MR) is 132 cm³/mol. The highest BCUT2D eigenvalue weighted by molar-refractivity contribution is 8.01. The number of anilines is 2. The molecule has 0 spiro atoms. The molecule has 2 aromatic heterocycles. The van der Waals surface area contributed by atoms with Crippen LogP contribution in [0.25, 0.3) is 0 Å². The quantitative estimate of drug-likeness (QED) is 0.243. The molecule has 2 amide bonds. The van der Waals surface area contributed by atoms with Gasteiger partial charge in [-0.15, -0.1) is 10.2 Å². The minimum atomic E-state index is -0.428. The summed E-state index contributed by atoms with van der Waals surface area (Å²) in [6, 6.07) is 6.64. The fraction of sp³-hybridized carbons (Fsp3) is 0.381. The van der Waals surface area contributed by atoms with Gasteiger partial charge in [-0.25, -0.2) is 14.8 Å². The third-order valence-corrected chi connectivity index (χ3v) is 7.07. The molecule has 4 rings (SSSR count). The van der Waals surface area contributed by atoms with Crippen molar-refractivity contribution in [2.75, 3.05) is 50.1 Å². The molecule has 3 heterocycles.